The Bertz CT molecular complexity index is 259. The second-order valence-electron chi connectivity index (χ2n) is 5.84. The molecular weight excluding hydrogens is 212 g/mol. The summed E-state index contributed by atoms with van der Waals surface area (Å²) < 4.78 is 0. The molecule has 17 heavy (non-hydrogen) atoms. The van der Waals surface area contributed by atoms with E-state index >= 15 is 0 Å². The number of nitrogens with one attached hydrogen (secondary N) is 1. The van der Waals surface area contributed by atoms with Gasteiger partial charge in [0.15, 0.2) is 0 Å². The van der Waals surface area contributed by atoms with Gasteiger partial charge in [-0.2, -0.15) is 0 Å². The summed E-state index contributed by atoms with van der Waals surface area (Å²) in [5, 5.41) is 3.41. The highest BCUT2D eigenvalue weighted by atomic mass is 16.2. The molecule has 2 rings (SSSR count). The standard InChI is InChI=1S/C14H26N2O/c1-11(2)15-13-9-6-10-16(14(13)17)12-7-4-3-5-8-12/h11-13,15H,3-10H2,1-2H3. The molecule has 0 aromatic rings. The summed E-state index contributed by atoms with van der Waals surface area (Å²) in [6, 6.07) is 1.01. The van der Waals surface area contributed by atoms with Crippen molar-refractivity contribution in [3.63, 3.8) is 0 Å². The zero-order valence-electron chi connectivity index (χ0n) is 11.2. The van der Waals surface area contributed by atoms with Crippen LogP contribution in [0.3, 0.4) is 0 Å². The molecular formula is C14H26N2O. The summed E-state index contributed by atoms with van der Waals surface area (Å²) in [6.07, 6.45) is 8.58. The lowest BCUT2D eigenvalue weighted by molar-refractivity contribution is -0.139. The summed E-state index contributed by atoms with van der Waals surface area (Å²) >= 11 is 0. The molecule has 0 aromatic heterocycles. The van der Waals surface area contributed by atoms with Crippen molar-refractivity contribution in [2.24, 2.45) is 0 Å². The van der Waals surface area contributed by atoms with Crippen molar-refractivity contribution >= 4 is 5.91 Å². The van der Waals surface area contributed by atoms with Crippen molar-refractivity contribution in [2.75, 3.05) is 6.54 Å². The van der Waals surface area contributed by atoms with Crippen molar-refractivity contribution in [2.45, 2.75) is 76.9 Å². The molecule has 1 saturated heterocycles. The van der Waals surface area contributed by atoms with Gasteiger partial charge in [-0.05, 0) is 25.7 Å². The fraction of sp³-hybridized carbons (Fsp3) is 0.929. The van der Waals surface area contributed by atoms with E-state index in [1.165, 1.54) is 32.1 Å². The normalized spacial score (nSPS) is 27.8. The first kappa shape index (κ1) is 12.9. The van der Waals surface area contributed by atoms with Crippen LogP contribution in [0.2, 0.25) is 0 Å². The van der Waals surface area contributed by atoms with Crippen LogP contribution in [0.4, 0.5) is 0 Å². The summed E-state index contributed by atoms with van der Waals surface area (Å²) in [4.78, 5) is 14.6. The first-order valence-electron chi connectivity index (χ1n) is 7.25. The zero-order valence-corrected chi connectivity index (χ0v) is 11.2. The largest absolute Gasteiger partial charge is 0.338 e. The number of hydrogen-bond acceptors (Lipinski definition) is 2. The number of carbonyl (C=O) groups is 1. The monoisotopic (exact) mass is 238 g/mol. The van der Waals surface area contributed by atoms with E-state index < -0.39 is 0 Å². The Balaban J connectivity index is 1.95. The van der Waals surface area contributed by atoms with Gasteiger partial charge in [0.1, 0.15) is 0 Å². The van der Waals surface area contributed by atoms with Crippen molar-refractivity contribution in [1.29, 1.82) is 0 Å². The topological polar surface area (TPSA) is 32.3 Å². The van der Waals surface area contributed by atoms with Crippen molar-refractivity contribution < 1.29 is 4.79 Å². The predicted octanol–water partition coefficient (Wildman–Crippen LogP) is 2.31. The van der Waals surface area contributed by atoms with E-state index in [2.05, 4.69) is 24.1 Å². The van der Waals surface area contributed by atoms with Crippen molar-refractivity contribution in [3.8, 4) is 0 Å². The van der Waals surface area contributed by atoms with Crippen LogP contribution in [0, 0.1) is 0 Å². The van der Waals surface area contributed by atoms with Crippen LogP contribution in [-0.4, -0.2) is 35.5 Å². The Morgan fingerprint density at radius 2 is 1.82 bits per heavy atom. The molecule has 2 aliphatic rings. The molecule has 1 heterocycles. The number of carbonyl (C=O) groups excluding carboxylic acids is 1. The first-order chi connectivity index (χ1) is 8.18. The molecule has 0 aromatic carbocycles. The maximum atomic E-state index is 12.4. The molecule has 0 radical (unpaired) electrons. The summed E-state index contributed by atoms with van der Waals surface area (Å²) in [6.45, 7) is 5.22. The molecule has 1 aliphatic heterocycles. The molecule has 0 spiro atoms. The van der Waals surface area contributed by atoms with Crippen LogP contribution in [-0.2, 0) is 4.79 Å². The van der Waals surface area contributed by atoms with Gasteiger partial charge in [0.25, 0.3) is 0 Å². The number of nitrogens with zero attached hydrogens (tertiary/aromatic N) is 1. The van der Waals surface area contributed by atoms with Gasteiger partial charge < -0.3 is 10.2 Å². The maximum absolute atomic E-state index is 12.4. The van der Waals surface area contributed by atoms with Crippen molar-refractivity contribution in [3.05, 3.63) is 0 Å². The summed E-state index contributed by atoms with van der Waals surface area (Å²) in [5.74, 6) is 0.358. The highest BCUT2D eigenvalue weighted by Crippen LogP contribution is 2.26. The lowest BCUT2D eigenvalue weighted by atomic mass is 9.91. The Morgan fingerprint density at radius 3 is 2.47 bits per heavy atom. The fourth-order valence-corrected chi connectivity index (χ4v) is 3.21. The summed E-state index contributed by atoms with van der Waals surface area (Å²) in [7, 11) is 0. The second-order valence-corrected chi connectivity index (χ2v) is 5.84. The van der Waals surface area contributed by atoms with Gasteiger partial charge in [-0.25, -0.2) is 0 Å². The lowest BCUT2D eigenvalue weighted by Crippen LogP contribution is -2.55. The van der Waals surface area contributed by atoms with Crippen LogP contribution >= 0.6 is 0 Å². The van der Waals surface area contributed by atoms with E-state index in [9.17, 15) is 4.79 Å². The minimum absolute atomic E-state index is 0.0747. The Morgan fingerprint density at radius 1 is 1.12 bits per heavy atom. The Hall–Kier alpha value is -0.570. The molecule has 1 N–H and O–H groups in total. The van der Waals surface area contributed by atoms with Gasteiger partial charge in [-0.15, -0.1) is 0 Å². The molecule has 1 unspecified atom stereocenters. The van der Waals surface area contributed by atoms with Gasteiger partial charge in [0.2, 0.25) is 5.91 Å². The molecule has 98 valence electrons. The van der Waals surface area contributed by atoms with E-state index in [0.717, 1.165) is 19.4 Å². The van der Waals surface area contributed by atoms with Crippen LogP contribution in [0.1, 0.15) is 58.8 Å². The number of piperidine rings is 1. The van der Waals surface area contributed by atoms with Gasteiger partial charge in [-0.3, -0.25) is 4.79 Å². The van der Waals surface area contributed by atoms with Crippen LogP contribution in [0.15, 0.2) is 0 Å². The maximum Gasteiger partial charge on any atom is 0.239 e. The minimum Gasteiger partial charge on any atom is -0.338 e. The number of rotatable bonds is 3. The fourth-order valence-electron chi connectivity index (χ4n) is 3.21. The molecule has 3 heteroatoms. The average molecular weight is 238 g/mol. The molecule has 2 fully saturated rings. The predicted molar refractivity (Wildman–Crippen MR) is 69.9 cm³/mol. The number of hydrogen-bond donors (Lipinski definition) is 1. The third kappa shape index (κ3) is 3.21. The molecule has 3 nitrogen and oxygen atoms in total. The summed E-state index contributed by atoms with van der Waals surface area (Å²) in [5.41, 5.74) is 0. The third-order valence-electron chi connectivity index (χ3n) is 4.02. The first-order valence-corrected chi connectivity index (χ1v) is 7.25. The number of likely N-dealkylation sites (tertiary alicyclic amines) is 1. The highest BCUT2D eigenvalue weighted by Gasteiger charge is 2.33. The van der Waals surface area contributed by atoms with Crippen LogP contribution in [0.25, 0.3) is 0 Å². The molecule has 1 aliphatic carbocycles. The lowest BCUT2D eigenvalue weighted by Gasteiger charge is -2.40. The molecule has 1 saturated carbocycles. The van der Waals surface area contributed by atoms with Gasteiger partial charge >= 0.3 is 0 Å². The van der Waals surface area contributed by atoms with E-state index in [0.29, 0.717) is 18.0 Å². The Labute approximate surface area is 105 Å². The third-order valence-corrected chi connectivity index (χ3v) is 4.02. The zero-order chi connectivity index (χ0) is 12.3. The minimum atomic E-state index is 0.0747. The van der Waals surface area contributed by atoms with E-state index in [1.807, 2.05) is 0 Å². The molecule has 0 bridgehead atoms. The smallest absolute Gasteiger partial charge is 0.239 e. The quantitative estimate of drug-likeness (QED) is 0.818. The van der Waals surface area contributed by atoms with E-state index in [4.69, 9.17) is 0 Å². The van der Waals surface area contributed by atoms with Crippen LogP contribution < -0.4 is 5.32 Å². The van der Waals surface area contributed by atoms with E-state index in [-0.39, 0.29) is 6.04 Å². The van der Waals surface area contributed by atoms with Crippen molar-refractivity contribution in [1.82, 2.24) is 10.2 Å². The van der Waals surface area contributed by atoms with Gasteiger partial charge in [0.05, 0.1) is 6.04 Å². The van der Waals surface area contributed by atoms with Crippen LogP contribution in [0.5, 0.6) is 0 Å². The van der Waals surface area contributed by atoms with Gasteiger partial charge in [-0.1, -0.05) is 33.1 Å². The number of amides is 1. The van der Waals surface area contributed by atoms with E-state index in [1.54, 1.807) is 0 Å². The van der Waals surface area contributed by atoms with Gasteiger partial charge in [0, 0.05) is 18.6 Å². The second kappa shape index (κ2) is 5.85. The highest BCUT2D eigenvalue weighted by molar-refractivity contribution is 5.83. The molecule has 1 amide bonds. The molecule has 1 atom stereocenters. The Kier molecular flexibility index (Phi) is 4.43. The SMILES string of the molecule is CC(C)NC1CCCN(C2CCCCC2)C1=O. The average Bonchev–Trinajstić information content (AvgIpc) is 2.32.